The molecule has 0 bridgehead atoms. The molecular formula is C18H18N2. The van der Waals surface area contributed by atoms with Crippen LogP contribution in [-0.4, -0.2) is 9.97 Å². The lowest BCUT2D eigenvalue weighted by atomic mass is 9.82. The largest absolute Gasteiger partial charge is 0.341 e. The average molecular weight is 262 g/mol. The summed E-state index contributed by atoms with van der Waals surface area (Å²) in [5.41, 5.74) is 6.46. The molecule has 1 atom stereocenters. The molecule has 0 aliphatic heterocycles. The lowest BCUT2D eigenvalue weighted by Gasteiger charge is -2.23. The molecular weight excluding hydrogens is 244 g/mol. The van der Waals surface area contributed by atoms with Crippen molar-refractivity contribution in [1.82, 2.24) is 9.97 Å². The number of nitrogens with one attached hydrogen (secondary N) is 1. The summed E-state index contributed by atoms with van der Waals surface area (Å²) in [7, 11) is 0. The predicted octanol–water partition coefficient (Wildman–Crippen LogP) is 4.34. The highest BCUT2D eigenvalue weighted by atomic mass is 14.9. The van der Waals surface area contributed by atoms with Crippen molar-refractivity contribution in [2.75, 3.05) is 0 Å². The maximum Gasteiger partial charge on any atom is 0.114 e. The molecule has 2 aromatic carbocycles. The first-order chi connectivity index (χ1) is 9.83. The van der Waals surface area contributed by atoms with E-state index in [4.69, 9.17) is 4.98 Å². The summed E-state index contributed by atoms with van der Waals surface area (Å²) in [4.78, 5) is 8.42. The van der Waals surface area contributed by atoms with E-state index in [2.05, 4.69) is 54.4 Å². The van der Waals surface area contributed by atoms with Gasteiger partial charge in [0.2, 0.25) is 0 Å². The Bertz CT molecular complexity index is 770. The van der Waals surface area contributed by atoms with E-state index in [0.29, 0.717) is 5.92 Å². The molecule has 1 unspecified atom stereocenters. The van der Waals surface area contributed by atoms with E-state index >= 15 is 0 Å². The van der Waals surface area contributed by atoms with Crippen LogP contribution in [0.4, 0.5) is 0 Å². The van der Waals surface area contributed by atoms with Crippen LogP contribution in [0.2, 0.25) is 0 Å². The van der Waals surface area contributed by atoms with Crippen LogP contribution in [0.3, 0.4) is 0 Å². The van der Waals surface area contributed by atoms with Crippen LogP contribution in [0.5, 0.6) is 0 Å². The van der Waals surface area contributed by atoms with E-state index in [9.17, 15) is 0 Å². The maximum absolute atomic E-state index is 4.88. The van der Waals surface area contributed by atoms with Gasteiger partial charge in [-0.05, 0) is 48.9 Å². The second-order valence-corrected chi connectivity index (χ2v) is 5.74. The fourth-order valence-electron chi connectivity index (χ4n) is 3.40. The first-order valence-electron chi connectivity index (χ1n) is 7.36. The van der Waals surface area contributed by atoms with Crippen molar-refractivity contribution in [3.8, 4) is 0 Å². The molecule has 100 valence electrons. The molecule has 1 aromatic heterocycles. The summed E-state index contributed by atoms with van der Waals surface area (Å²) in [5.74, 6) is 1.55. The predicted molar refractivity (Wildman–Crippen MR) is 82.1 cm³/mol. The van der Waals surface area contributed by atoms with Gasteiger partial charge in [0.15, 0.2) is 0 Å². The van der Waals surface area contributed by atoms with Crippen LogP contribution in [0.1, 0.15) is 41.3 Å². The average Bonchev–Trinajstić information content (AvgIpc) is 2.92. The lowest BCUT2D eigenvalue weighted by Crippen LogP contribution is -2.12. The summed E-state index contributed by atoms with van der Waals surface area (Å²) < 4.78 is 0. The molecule has 1 aliphatic carbocycles. The molecule has 0 radical (unpaired) electrons. The quantitative estimate of drug-likeness (QED) is 0.694. The Labute approximate surface area is 118 Å². The van der Waals surface area contributed by atoms with Crippen molar-refractivity contribution in [1.29, 1.82) is 0 Å². The zero-order chi connectivity index (χ0) is 13.5. The third kappa shape index (κ3) is 1.75. The van der Waals surface area contributed by atoms with E-state index in [1.807, 2.05) is 0 Å². The Morgan fingerprint density at radius 2 is 2.00 bits per heavy atom. The molecule has 4 rings (SSSR count). The molecule has 0 saturated heterocycles. The van der Waals surface area contributed by atoms with Crippen molar-refractivity contribution in [3.05, 3.63) is 65.0 Å². The van der Waals surface area contributed by atoms with Gasteiger partial charge in [-0.1, -0.05) is 36.4 Å². The summed E-state index contributed by atoms with van der Waals surface area (Å²) in [6.45, 7) is 2.13. The highest BCUT2D eigenvalue weighted by molar-refractivity contribution is 5.78. The minimum absolute atomic E-state index is 0.423. The molecule has 1 heterocycles. The minimum atomic E-state index is 0.423. The first-order valence-corrected chi connectivity index (χ1v) is 7.36. The first kappa shape index (κ1) is 11.7. The van der Waals surface area contributed by atoms with Crippen molar-refractivity contribution < 1.29 is 0 Å². The van der Waals surface area contributed by atoms with Gasteiger partial charge < -0.3 is 4.98 Å². The number of nitrogens with zero attached hydrogens (tertiary/aromatic N) is 1. The lowest BCUT2D eigenvalue weighted by molar-refractivity contribution is 0.596. The minimum Gasteiger partial charge on any atom is -0.341 e. The van der Waals surface area contributed by atoms with Gasteiger partial charge in [-0.15, -0.1) is 0 Å². The smallest absolute Gasteiger partial charge is 0.114 e. The molecule has 2 heteroatoms. The fourth-order valence-corrected chi connectivity index (χ4v) is 3.40. The van der Waals surface area contributed by atoms with Crippen LogP contribution < -0.4 is 0 Å². The standard InChI is InChI=1S/C18H18N2/c1-12-6-4-11-16-17(12)20-18(19-16)15-10-5-8-13-7-2-3-9-14(13)15/h2-4,6-7,9,11,15H,5,8,10H2,1H3,(H,19,20). The monoisotopic (exact) mass is 262 g/mol. The summed E-state index contributed by atoms with van der Waals surface area (Å²) >= 11 is 0. The Hall–Kier alpha value is -2.09. The van der Waals surface area contributed by atoms with Crippen LogP contribution >= 0.6 is 0 Å². The zero-order valence-electron chi connectivity index (χ0n) is 11.7. The molecule has 20 heavy (non-hydrogen) atoms. The highest BCUT2D eigenvalue weighted by Gasteiger charge is 2.24. The van der Waals surface area contributed by atoms with Crippen LogP contribution in [0.15, 0.2) is 42.5 Å². The Morgan fingerprint density at radius 1 is 1.10 bits per heavy atom. The second kappa shape index (κ2) is 4.48. The number of hydrogen-bond acceptors (Lipinski definition) is 1. The van der Waals surface area contributed by atoms with E-state index in [1.165, 1.54) is 36.0 Å². The molecule has 1 aliphatic rings. The second-order valence-electron chi connectivity index (χ2n) is 5.74. The maximum atomic E-state index is 4.88. The number of hydrogen-bond donors (Lipinski definition) is 1. The Morgan fingerprint density at radius 3 is 2.90 bits per heavy atom. The summed E-state index contributed by atoms with van der Waals surface area (Å²) in [6.07, 6.45) is 3.64. The van der Waals surface area contributed by atoms with E-state index < -0.39 is 0 Å². The topological polar surface area (TPSA) is 28.7 Å². The molecule has 0 fully saturated rings. The number of para-hydroxylation sites is 1. The highest BCUT2D eigenvalue weighted by Crippen LogP contribution is 2.36. The van der Waals surface area contributed by atoms with Gasteiger partial charge in [-0.25, -0.2) is 4.98 Å². The molecule has 2 nitrogen and oxygen atoms in total. The third-order valence-corrected chi connectivity index (χ3v) is 4.43. The van der Waals surface area contributed by atoms with Gasteiger partial charge in [0, 0.05) is 5.92 Å². The number of benzene rings is 2. The number of rotatable bonds is 1. The molecule has 0 amide bonds. The number of imidazole rings is 1. The van der Waals surface area contributed by atoms with Crippen LogP contribution in [0, 0.1) is 6.92 Å². The van der Waals surface area contributed by atoms with Crippen molar-refractivity contribution in [2.24, 2.45) is 0 Å². The number of H-pyrrole nitrogens is 1. The third-order valence-electron chi connectivity index (χ3n) is 4.43. The molecule has 1 N–H and O–H groups in total. The van der Waals surface area contributed by atoms with Gasteiger partial charge in [-0.2, -0.15) is 0 Å². The summed E-state index contributed by atoms with van der Waals surface area (Å²) in [6, 6.07) is 15.1. The van der Waals surface area contributed by atoms with Gasteiger partial charge >= 0.3 is 0 Å². The van der Waals surface area contributed by atoms with Crippen LogP contribution in [-0.2, 0) is 6.42 Å². The van der Waals surface area contributed by atoms with E-state index in [-0.39, 0.29) is 0 Å². The Balaban J connectivity index is 1.86. The fraction of sp³-hybridized carbons (Fsp3) is 0.278. The zero-order valence-corrected chi connectivity index (χ0v) is 11.7. The van der Waals surface area contributed by atoms with Crippen molar-refractivity contribution in [3.63, 3.8) is 0 Å². The normalized spacial score (nSPS) is 18.1. The molecule has 0 saturated carbocycles. The Kier molecular flexibility index (Phi) is 2.62. The number of aromatic nitrogens is 2. The molecule has 3 aromatic rings. The number of aryl methyl sites for hydroxylation is 2. The number of fused-ring (bicyclic) bond motifs is 2. The number of aromatic amines is 1. The molecule has 0 spiro atoms. The van der Waals surface area contributed by atoms with E-state index in [0.717, 1.165) is 16.9 Å². The van der Waals surface area contributed by atoms with Gasteiger partial charge in [0.25, 0.3) is 0 Å². The van der Waals surface area contributed by atoms with Gasteiger partial charge in [-0.3, -0.25) is 0 Å². The SMILES string of the molecule is Cc1cccc2[nH]c(C3CCCc4ccccc43)nc12. The van der Waals surface area contributed by atoms with Gasteiger partial charge in [0.1, 0.15) is 5.82 Å². The van der Waals surface area contributed by atoms with Gasteiger partial charge in [0.05, 0.1) is 11.0 Å². The van der Waals surface area contributed by atoms with E-state index in [1.54, 1.807) is 0 Å². The van der Waals surface area contributed by atoms with Crippen molar-refractivity contribution >= 4 is 11.0 Å². The van der Waals surface area contributed by atoms with Crippen LogP contribution in [0.25, 0.3) is 11.0 Å². The van der Waals surface area contributed by atoms with Crippen molar-refractivity contribution in [2.45, 2.75) is 32.1 Å². The summed E-state index contributed by atoms with van der Waals surface area (Å²) in [5, 5.41) is 0.